The molecule has 0 radical (unpaired) electrons. The van der Waals surface area contributed by atoms with E-state index in [1.807, 2.05) is 0 Å². The number of rotatable bonds is 3. The molecule has 1 fully saturated rings. The Bertz CT molecular complexity index is 147. The van der Waals surface area contributed by atoms with Crippen molar-refractivity contribution in [3.8, 4) is 0 Å². The summed E-state index contributed by atoms with van der Waals surface area (Å²) in [5, 5.41) is 0. The van der Waals surface area contributed by atoms with Gasteiger partial charge >= 0.3 is 0 Å². The molecule has 3 unspecified atom stereocenters. The molecule has 78 valence electrons. The Morgan fingerprint density at radius 2 is 2.08 bits per heavy atom. The fraction of sp³-hybridized carbons (Fsp3) is 1.00. The van der Waals surface area contributed by atoms with Crippen LogP contribution in [0.4, 0.5) is 0 Å². The zero-order valence-corrected chi connectivity index (χ0v) is 9.12. The van der Waals surface area contributed by atoms with Gasteiger partial charge in [0.25, 0.3) is 0 Å². The first kappa shape index (κ1) is 11.0. The van der Waals surface area contributed by atoms with Crippen LogP contribution in [0.2, 0.25) is 0 Å². The van der Waals surface area contributed by atoms with Crippen molar-refractivity contribution >= 4 is 0 Å². The number of nitrogens with two attached hydrogens (primary N) is 1. The molecule has 2 nitrogen and oxygen atoms in total. The van der Waals surface area contributed by atoms with Crippen molar-refractivity contribution in [1.82, 2.24) is 0 Å². The molecule has 0 amide bonds. The summed E-state index contributed by atoms with van der Waals surface area (Å²) in [6.07, 6.45) is 3.74. The van der Waals surface area contributed by atoms with E-state index in [2.05, 4.69) is 13.8 Å². The van der Waals surface area contributed by atoms with Gasteiger partial charge in [0.15, 0.2) is 0 Å². The minimum absolute atomic E-state index is 0.370. The first-order valence-corrected chi connectivity index (χ1v) is 5.39. The molecule has 0 aromatic heterocycles. The van der Waals surface area contributed by atoms with Crippen molar-refractivity contribution in [2.75, 3.05) is 13.7 Å². The summed E-state index contributed by atoms with van der Waals surface area (Å²) in [5.74, 6) is 2.25. The fourth-order valence-electron chi connectivity index (χ4n) is 2.33. The molecule has 1 rings (SSSR count). The maximum absolute atomic E-state index is 6.05. The fourth-order valence-corrected chi connectivity index (χ4v) is 2.33. The summed E-state index contributed by atoms with van der Waals surface area (Å²) in [6.45, 7) is 5.46. The van der Waals surface area contributed by atoms with Crippen LogP contribution in [-0.4, -0.2) is 19.8 Å². The summed E-state index contributed by atoms with van der Waals surface area (Å²) in [4.78, 5) is 0. The van der Waals surface area contributed by atoms with Crippen LogP contribution < -0.4 is 5.73 Å². The Morgan fingerprint density at radius 3 is 2.62 bits per heavy atom. The highest BCUT2D eigenvalue weighted by molar-refractivity contribution is 4.83. The van der Waals surface area contributed by atoms with Gasteiger partial charge in [0.2, 0.25) is 0 Å². The lowest BCUT2D eigenvalue weighted by Gasteiger charge is -2.35. The van der Waals surface area contributed by atoms with Crippen LogP contribution in [0.1, 0.15) is 33.1 Å². The Kier molecular flexibility index (Phi) is 4.20. The second-order valence-electron chi connectivity index (χ2n) is 4.70. The molecule has 2 heteroatoms. The van der Waals surface area contributed by atoms with Gasteiger partial charge in [-0.15, -0.1) is 0 Å². The lowest BCUT2D eigenvalue weighted by molar-refractivity contribution is 0.0896. The average Bonchev–Trinajstić information content (AvgIpc) is 2.08. The van der Waals surface area contributed by atoms with Gasteiger partial charge in [-0.3, -0.25) is 0 Å². The van der Waals surface area contributed by atoms with Gasteiger partial charge in [-0.1, -0.05) is 13.8 Å². The van der Waals surface area contributed by atoms with Crippen molar-refractivity contribution in [2.45, 2.75) is 39.2 Å². The highest BCUT2D eigenvalue weighted by atomic mass is 16.5. The minimum Gasteiger partial charge on any atom is -0.384 e. The highest BCUT2D eigenvalue weighted by Gasteiger charge is 2.29. The normalized spacial score (nSPS) is 35.3. The van der Waals surface area contributed by atoms with Gasteiger partial charge in [-0.05, 0) is 37.0 Å². The molecule has 1 aliphatic carbocycles. The quantitative estimate of drug-likeness (QED) is 0.730. The molecule has 0 bridgehead atoms. The smallest absolute Gasteiger partial charge is 0.0505 e. The van der Waals surface area contributed by atoms with E-state index in [1.54, 1.807) is 7.11 Å². The predicted octanol–water partition coefficient (Wildman–Crippen LogP) is 2.03. The summed E-state index contributed by atoms with van der Waals surface area (Å²) < 4.78 is 5.20. The van der Waals surface area contributed by atoms with Gasteiger partial charge in [-0.2, -0.15) is 0 Å². The molecule has 0 aromatic rings. The van der Waals surface area contributed by atoms with Crippen LogP contribution in [0.5, 0.6) is 0 Å². The lowest BCUT2D eigenvalue weighted by atomic mass is 9.74. The summed E-state index contributed by atoms with van der Waals surface area (Å²) >= 11 is 0. The van der Waals surface area contributed by atoms with E-state index in [-0.39, 0.29) is 0 Å². The molecular weight excluding hydrogens is 162 g/mol. The molecule has 1 aliphatic rings. The number of hydrogen-bond acceptors (Lipinski definition) is 2. The third kappa shape index (κ3) is 2.96. The maximum atomic E-state index is 6.05. The number of methoxy groups -OCH3 is 1. The molecular formula is C11H23NO. The van der Waals surface area contributed by atoms with E-state index in [1.165, 1.54) is 19.3 Å². The van der Waals surface area contributed by atoms with Crippen LogP contribution in [0, 0.1) is 17.8 Å². The van der Waals surface area contributed by atoms with Crippen molar-refractivity contribution in [2.24, 2.45) is 23.5 Å². The summed E-state index contributed by atoms with van der Waals surface area (Å²) in [5.41, 5.74) is 6.05. The molecule has 2 N–H and O–H groups in total. The van der Waals surface area contributed by atoms with E-state index in [0.29, 0.717) is 12.0 Å². The van der Waals surface area contributed by atoms with E-state index in [0.717, 1.165) is 18.4 Å². The van der Waals surface area contributed by atoms with E-state index < -0.39 is 0 Å². The molecule has 3 atom stereocenters. The Hall–Kier alpha value is -0.0800. The molecule has 0 saturated heterocycles. The summed E-state index contributed by atoms with van der Waals surface area (Å²) in [7, 11) is 1.77. The average molecular weight is 185 g/mol. The van der Waals surface area contributed by atoms with Crippen molar-refractivity contribution < 1.29 is 4.74 Å². The number of hydrogen-bond donors (Lipinski definition) is 1. The third-order valence-electron chi connectivity index (χ3n) is 3.41. The Balaban J connectivity index is 2.42. The van der Waals surface area contributed by atoms with Crippen LogP contribution in [0.15, 0.2) is 0 Å². The zero-order valence-electron chi connectivity index (χ0n) is 9.12. The predicted molar refractivity (Wildman–Crippen MR) is 55.5 cm³/mol. The standard InChI is InChI=1S/C11H23NO/c1-8(2)9-4-5-11(12)10(6-9)7-13-3/h8-11H,4-7,12H2,1-3H3. The monoisotopic (exact) mass is 185 g/mol. The Morgan fingerprint density at radius 1 is 1.38 bits per heavy atom. The molecule has 0 spiro atoms. The van der Waals surface area contributed by atoms with Crippen molar-refractivity contribution in [3.63, 3.8) is 0 Å². The van der Waals surface area contributed by atoms with E-state index in [4.69, 9.17) is 10.5 Å². The van der Waals surface area contributed by atoms with Gasteiger partial charge in [0, 0.05) is 13.2 Å². The van der Waals surface area contributed by atoms with Crippen LogP contribution in [0.25, 0.3) is 0 Å². The molecule has 0 aliphatic heterocycles. The van der Waals surface area contributed by atoms with Crippen molar-refractivity contribution in [3.05, 3.63) is 0 Å². The summed E-state index contributed by atoms with van der Waals surface area (Å²) in [6, 6.07) is 0.370. The van der Waals surface area contributed by atoms with Crippen LogP contribution in [0.3, 0.4) is 0 Å². The molecule has 0 aromatic carbocycles. The Labute approximate surface area is 81.8 Å². The minimum atomic E-state index is 0.370. The van der Waals surface area contributed by atoms with E-state index in [9.17, 15) is 0 Å². The third-order valence-corrected chi connectivity index (χ3v) is 3.41. The van der Waals surface area contributed by atoms with Gasteiger partial charge < -0.3 is 10.5 Å². The first-order chi connectivity index (χ1) is 6.15. The number of ether oxygens (including phenoxy) is 1. The zero-order chi connectivity index (χ0) is 9.84. The largest absolute Gasteiger partial charge is 0.384 e. The molecule has 13 heavy (non-hydrogen) atoms. The van der Waals surface area contributed by atoms with Gasteiger partial charge in [-0.25, -0.2) is 0 Å². The van der Waals surface area contributed by atoms with Gasteiger partial charge in [0.05, 0.1) is 6.61 Å². The van der Waals surface area contributed by atoms with Gasteiger partial charge in [0.1, 0.15) is 0 Å². The van der Waals surface area contributed by atoms with E-state index >= 15 is 0 Å². The molecule has 0 heterocycles. The lowest BCUT2D eigenvalue weighted by Crippen LogP contribution is -2.39. The molecule has 1 saturated carbocycles. The first-order valence-electron chi connectivity index (χ1n) is 5.39. The maximum Gasteiger partial charge on any atom is 0.0505 e. The highest BCUT2D eigenvalue weighted by Crippen LogP contribution is 2.33. The van der Waals surface area contributed by atoms with Crippen LogP contribution in [-0.2, 0) is 4.74 Å². The topological polar surface area (TPSA) is 35.2 Å². The second-order valence-corrected chi connectivity index (χ2v) is 4.70. The van der Waals surface area contributed by atoms with Crippen molar-refractivity contribution in [1.29, 1.82) is 0 Å². The second kappa shape index (κ2) is 4.97. The van der Waals surface area contributed by atoms with Crippen LogP contribution >= 0.6 is 0 Å². The SMILES string of the molecule is COCC1CC(C(C)C)CCC1N.